The van der Waals surface area contributed by atoms with Crippen LogP contribution in [-0.4, -0.2) is 27.7 Å². The lowest BCUT2D eigenvalue weighted by Gasteiger charge is -2.20. The molecule has 1 aliphatic heterocycles. The lowest BCUT2D eigenvalue weighted by molar-refractivity contribution is 0.180. The van der Waals surface area contributed by atoms with Gasteiger partial charge in [0, 0.05) is 18.6 Å². The average Bonchev–Trinajstić information content (AvgIpc) is 2.86. The molecule has 112 valence electrons. The van der Waals surface area contributed by atoms with Crippen molar-refractivity contribution in [2.45, 2.75) is 31.2 Å². The molecule has 3 N–H and O–H groups in total. The molecule has 1 saturated heterocycles. The van der Waals surface area contributed by atoms with Crippen LogP contribution in [0.1, 0.15) is 18.9 Å². The van der Waals surface area contributed by atoms with E-state index in [-0.39, 0.29) is 22.5 Å². The smallest absolute Gasteiger partial charge is 0.241 e. The SMILES string of the molecule is Cc1cc(F)c(N)cc1S(=O)(=O)NC(C)C1CCOC1. The minimum Gasteiger partial charge on any atom is -0.396 e. The fraction of sp³-hybridized carbons (Fsp3) is 0.538. The number of anilines is 1. The van der Waals surface area contributed by atoms with Crippen LogP contribution < -0.4 is 10.5 Å². The number of nitrogens with two attached hydrogens (primary N) is 1. The van der Waals surface area contributed by atoms with Gasteiger partial charge in [-0.05, 0) is 38.0 Å². The number of benzene rings is 1. The highest BCUT2D eigenvalue weighted by Crippen LogP contribution is 2.23. The Labute approximate surface area is 118 Å². The second-order valence-corrected chi connectivity index (χ2v) is 6.86. The van der Waals surface area contributed by atoms with Crippen molar-refractivity contribution in [1.82, 2.24) is 4.72 Å². The van der Waals surface area contributed by atoms with Gasteiger partial charge in [-0.2, -0.15) is 0 Å². The van der Waals surface area contributed by atoms with Gasteiger partial charge in [0.25, 0.3) is 0 Å². The molecule has 1 aromatic rings. The first-order chi connectivity index (χ1) is 9.31. The maximum Gasteiger partial charge on any atom is 0.241 e. The van der Waals surface area contributed by atoms with E-state index in [0.29, 0.717) is 18.8 Å². The first-order valence-corrected chi connectivity index (χ1v) is 7.95. The summed E-state index contributed by atoms with van der Waals surface area (Å²) in [4.78, 5) is 0.0159. The first kappa shape index (κ1) is 15.2. The molecule has 20 heavy (non-hydrogen) atoms. The van der Waals surface area contributed by atoms with E-state index < -0.39 is 15.8 Å². The zero-order chi connectivity index (χ0) is 14.9. The lowest BCUT2D eigenvalue weighted by atomic mass is 10.0. The van der Waals surface area contributed by atoms with Gasteiger partial charge >= 0.3 is 0 Å². The molecule has 0 amide bonds. The van der Waals surface area contributed by atoms with Gasteiger partial charge in [-0.1, -0.05) is 0 Å². The Morgan fingerprint density at radius 3 is 2.80 bits per heavy atom. The Bertz CT molecular complexity index is 598. The third-order valence-corrected chi connectivity index (χ3v) is 5.30. The van der Waals surface area contributed by atoms with Crippen molar-refractivity contribution in [3.8, 4) is 0 Å². The maximum absolute atomic E-state index is 13.3. The van der Waals surface area contributed by atoms with E-state index in [1.807, 2.05) is 0 Å². The van der Waals surface area contributed by atoms with Crippen molar-refractivity contribution in [2.24, 2.45) is 5.92 Å². The highest BCUT2D eigenvalue weighted by molar-refractivity contribution is 7.89. The molecule has 0 saturated carbocycles. The van der Waals surface area contributed by atoms with Crippen LogP contribution in [-0.2, 0) is 14.8 Å². The summed E-state index contributed by atoms with van der Waals surface area (Å²) in [5.41, 5.74) is 5.61. The van der Waals surface area contributed by atoms with Gasteiger partial charge in [-0.15, -0.1) is 0 Å². The number of ether oxygens (including phenoxy) is 1. The zero-order valence-corrected chi connectivity index (χ0v) is 12.3. The summed E-state index contributed by atoms with van der Waals surface area (Å²) in [5.74, 6) is -0.457. The molecular formula is C13H19FN2O3S. The Hall–Kier alpha value is -1.18. The molecule has 1 aromatic carbocycles. The summed E-state index contributed by atoms with van der Waals surface area (Å²) in [6.45, 7) is 4.55. The van der Waals surface area contributed by atoms with Gasteiger partial charge in [-0.3, -0.25) is 0 Å². The number of hydrogen-bond acceptors (Lipinski definition) is 4. The highest BCUT2D eigenvalue weighted by atomic mass is 32.2. The number of halogens is 1. The highest BCUT2D eigenvalue weighted by Gasteiger charge is 2.28. The Balaban J connectivity index is 2.24. The number of hydrogen-bond donors (Lipinski definition) is 2. The van der Waals surface area contributed by atoms with Crippen molar-refractivity contribution in [3.05, 3.63) is 23.5 Å². The van der Waals surface area contributed by atoms with Crippen LogP contribution >= 0.6 is 0 Å². The van der Waals surface area contributed by atoms with E-state index in [2.05, 4.69) is 4.72 Å². The molecule has 5 nitrogen and oxygen atoms in total. The average molecular weight is 302 g/mol. The molecule has 2 atom stereocenters. The van der Waals surface area contributed by atoms with Gasteiger partial charge in [-0.25, -0.2) is 17.5 Å². The standard InChI is InChI=1S/C13H19FN2O3S/c1-8-5-11(14)12(15)6-13(8)20(17,18)16-9(2)10-3-4-19-7-10/h5-6,9-10,16H,3-4,7,15H2,1-2H3. The first-order valence-electron chi connectivity index (χ1n) is 6.47. The molecule has 2 unspecified atom stereocenters. The predicted octanol–water partition coefficient (Wildman–Crippen LogP) is 1.42. The van der Waals surface area contributed by atoms with Crippen LogP contribution in [0.5, 0.6) is 0 Å². The van der Waals surface area contributed by atoms with E-state index in [9.17, 15) is 12.8 Å². The van der Waals surface area contributed by atoms with Crippen LogP contribution in [0.25, 0.3) is 0 Å². The molecule has 1 aliphatic rings. The third-order valence-electron chi connectivity index (χ3n) is 3.60. The van der Waals surface area contributed by atoms with Crippen molar-refractivity contribution in [2.75, 3.05) is 18.9 Å². The Morgan fingerprint density at radius 2 is 2.20 bits per heavy atom. The van der Waals surface area contributed by atoms with Crippen LogP contribution in [0.4, 0.5) is 10.1 Å². The molecule has 2 rings (SSSR count). The molecule has 7 heteroatoms. The molecule has 0 radical (unpaired) electrons. The second-order valence-electron chi connectivity index (χ2n) is 5.17. The normalized spacial score (nSPS) is 21.1. The van der Waals surface area contributed by atoms with Crippen molar-refractivity contribution < 1.29 is 17.5 Å². The molecule has 0 aromatic heterocycles. The zero-order valence-electron chi connectivity index (χ0n) is 11.5. The minimum atomic E-state index is -3.72. The largest absolute Gasteiger partial charge is 0.396 e. The molecule has 0 aliphatic carbocycles. The second kappa shape index (κ2) is 5.67. The van der Waals surface area contributed by atoms with Crippen LogP contribution in [0.3, 0.4) is 0 Å². The third kappa shape index (κ3) is 3.11. The van der Waals surface area contributed by atoms with Crippen LogP contribution in [0, 0.1) is 18.7 Å². The van der Waals surface area contributed by atoms with Gasteiger partial charge in [0.2, 0.25) is 10.0 Å². The lowest BCUT2D eigenvalue weighted by Crippen LogP contribution is -2.38. The summed E-state index contributed by atoms with van der Waals surface area (Å²) in [7, 11) is -3.72. The van der Waals surface area contributed by atoms with Crippen LogP contribution in [0.15, 0.2) is 17.0 Å². The fourth-order valence-corrected chi connectivity index (χ4v) is 3.88. The number of nitrogens with one attached hydrogen (secondary N) is 1. The molecular weight excluding hydrogens is 283 g/mol. The summed E-state index contributed by atoms with van der Waals surface area (Å²) < 4.78 is 45.9. The number of aryl methyl sites for hydroxylation is 1. The molecule has 0 bridgehead atoms. The monoisotopic (exact) mass is 302 g/mol. The van der Waals surface area contributed by atoms with Crippen molar-refractivity contribution in [1.29, 1.82) is 0 Å². The molecule has 0 spiro atoms. The Kier molecular flexibility index (Phi) is 4.31. The minimum absolute atomic E-state index is 0.0159. The Morgan fingerprint density at radius 1 is 1.50 bits per heavy atom. The predicted molar refractivity (Wildman–Crippen MR) is 74.3 cm³/mol. The summed E-state index contributed by atoms with van der Waals surface area (Å²) in [6, 6.07) is 2.05. The molecule has 1 heterocycles. The summed E-state index contributed by atoms with van der Waals surface area (Å²) in [6.07, 6.45) is 0.828. The van der Waals surface area contributed by atoms with Gasteiger partial charge < -0.3 is 10.5 Å². The topological polar surface area (TPSA) is 81.4 Å². The van der Waals surface area contributed by atoms with E-state index in [4.69, 9.17) is 10.5 Å². The van der Waals surface area contributed by atoms with E-state index in [1.54, 1.807) is 13.8 Å². The van der Waals surface area contributed by atoms with Crippen molar-refractivity contribution in [3.63, 3.8) is 0 Å². The maximum atomic E-state index is 13.3. The summed E-state index contributed by atoms with van der Waals surface area (Å²) in [5, 5.41) is 0. The van der Waals surface area contributed by atoms with Crippen molar-refractivity contribution >= 4 is 15.7 Å². The number of sulfonamides is 1. The number of rotatable bonds is 4. The van der Waals surface area contributed by atoms with Gasteiger partial charge in [0.05, 0.1) is 17.2 Å². The van der Waals surface area contributed by atoms with E-state index in [1.165, 1.54) is 0 Å². The van der Waals surface area contributed by atoms with E-state index in [0.717, 1.165) is 18.6 Å². The number of nitrogen functional groups attached to an aromatic ring is 1. The van der Waals surface area contributed by atoms with E-state index >= 15 is 0 Å². The van der Waals surface area contributed by atoms with Gasteiger partial charge in [0.15, 0.2) is 0 Å². The summed E-state index contributed by atoms with van der Waals surface area (Å²) >= 11 is 0. The fourth-order valence-electron chi connectivity index (χ4n) is 2.31. The van der Waals surface area contributed by atoms with Gasteiger partial charge in [0.1, 0.15) is 5.82 Å². The van der Waals surface area contributed by atoms with Crippen LogP contribution in [0.2, 0.25) is 0 Å². The molecule has 1 fully saturated rings. The quantitative estimate of drug-likeness (QED) is 0.824.